The predicted octanol–water partition coefficient (Wildman–Crippen LogP) is -0.338. The molecule has 0 bridgehead atoms. The molecular formula is C7H19N3. The van der Waals surface area contributed by atoms with Crippen LogP contribution in [0.1, 0.15) is 19.8 Å². The SMILES string of the molecule is CCNC[C@@H](N)CCCN. The summed E-state index contributed by atoms with van der Waals surface area (Å²) in [6, 6.07) is 0.281. The highest BCUT2D eigenvalue weighted by atomic mass is 14.9. The minimum atomic E-state index is 0.281. The smallest absolute Gasteiger partial charge is 0.0165 e. The van der Waals surface area contributed by atoms with Crippen molar-refractivity contribution in [3.8, 4) is 0 Å². The summed E-state index contributed by atoms with van der Waals surface area (Å²) in [5.41, 5.74) is 11.1. The van der Waals surface area contributed by atoms with Crippen molar-refractivity contribution in [3.63, 3.8) is 0 Å². The molecule has 0 fully saturated rings. The second-order valence-corrected chi connectivity index (χ2v) is 2.50. The van der Waals surface area contributed by atoms with Crippen LogP contribution in [0.15, 0.2) is 0 Å². The highest BCUT2D eigenvalue weighted by Gasteiger charge is 1.98. The summed E-state index contributed by atoms with van der Waals surface area (Å²) >= 11 is 0. The van der Waals surface area contributed by atoms with Gasteiger partial charge >= 0.3 is 0 Å². The molecule has 0 saturated heterocycles. The molecule has 0 aromatic carbocycles. The zero-order chi connectivity index (χ0) is 7.82. The van der Waals surface area contributed by atoms with Crippen LogP contribution in [-0.2, 0) is 0 Å². The lowest BCUT2D eigenvalue weighted by molar-refractivity contribution is 0.540. The van der Waals surface area contributed by atoms with Gasteiger partial charge in [-0.25, -0.2) is 0 Å². The van der Waals surface area contributed by atoms with E-state index >= 15 is 0 Å². The molecule has 0 heterocycles. The molecule has 0 aliphatic rings. The van der Waals surface area contributed by atoms with E-state index in [4.69, 9.17) is 11.5 Å². The molecule has 0 spiro atoms. The summed E-state index contributed by atoms with van der Waals surface area (Å²) in [6.45, 7) is 4.74. The van der Waals surface area contributed by atoms with Crippen LogP contribution in [-0.4, -0.2) is 25.7 Å². The van der Waals surface area contributed by atoms with Crippen molar-refractivity contribution < 1.29 is 0 Å². The standard InChI is InChI=1S/C7H19N3/c1-2-10-6-7(9)4-3-5-8/h7,10H,2-6,8-9H2,1H3/t7-/m0/s1. The molecule has 10 heavy (non-hydrogen) atoms. The predicted molar refractivity (Wildman–Crippen MR) is 44.8 cm³/mol. The van der Waals surface area contributed by atoms with Crippen LogP contribution in [0, 0.1) is 0 Å². The Morgan fingerprint density at radius 2 is 2.20 bits per heavy atom. The van der Waals surface area contributed by atoms with Crippen LogP contribution in [0.4, 0.5) is 0 Å². The van der Waals surface area contributed by atoms with E-state index in [-0.39, 0.29) is 6.04 Å². The van der Waals surface area contributed by atoms with Gasteiger partial charge in [0.2, 0.25) is 0 Å². The topological polar surface area (TPSA) is 64.1 Å². The van der Waals surface area contributed by atoms with E-state index in [0.717, 1.165) is 32.5 Å². The van der Waals surface area contributed by atoms with Gasteiger partial charge in [0.25, 0.3) is 0 Å². The largest absolute Gasteiger partial charge is 0.330 e. The number of rotatable bonds is 6. The fourth-order valence-corrected chi connectivity index (χ4v) is 0.812. The van der Waals surface area contributed by atoms with Crippen molar-refractivity contribution in [2.75, 3.05) is 19.6 Å². The summed E-state index contributed by atoms with van der Waals surface area (Å²) in [7, 11) is 0. The molecule has 62 valence electrons. The average Bonchev–Trinajstić information content (AvgIpc) is 1.97. The lowest BCUT2D eigenvalue weighted by atomic mass is 10.2. The van der Waals surface area contributed by atoms with Gasteiger partial charge < -0.3 is 16.8 Å². The van der Waals surface area contributed by atoms with Gasteiger partial charge in [0.1, 0.15) is 0 Å². The number of nitrogens with one attached hydrogen (secondary N) is 1. The number of hydrogen-bond donors (Lipinski definition) is 3. The van der Waals surface area contributed by atoms with Crippen LogP contribution in [0.2, 0.25) is 0 Å². The van der Waals surface area contributed by atoms with Crippen molar-refractivity contribution >= 4 is 0 Å². The van der Waals surface area contributed by atoms with Gasteiger partial charge in [0, 0.05) is 12.6 Å². The van der Waals surface area contributed by atoms with Crippen LogP contribution in [0.3, 0.4) is 0 Å². The zero-order valence-corrected chi connectivity index (χ0v) is 6.77. The van der Waals surface area contributed by atoms with Crippen LogP contribution in [0.25, 0.3) is 0 Å². The molecule has 0 aromatic heterocycles. The Kier molecular flexibility index (Phi) is 6.91. The van der Waals surface area contributed by atoms with Crippen molar-refractivity contribution in [1.29, 1.82) is 0 Å². The van der Waals surface area contributed by atoms with Gasteiger partial charge in [-0.15, -0.1) is 0 Å². The van der Waals surface area contributed by atoms with Gasteiger partial charge in [-0.2, -0.15) is 0 Å². The third-order valence-electron chi connectivity index (χ3n) is 1.44. The molecule has 0 amide bonds. The van der Waals surface area contributed by atoms with Gasteiger partial charge in [0.15, 0.2) is 0 Å². The fraction of sp³-hybridized carbons (Fsp3) is 1.00. The third-order valence-corrected chi connectivity index (χ3v) is 1.44. The first-order valence-electron chi connectivity index (χ1n) is 3.97. The number of nitrogens with two attached hydrogens (primary N) is 2. The Morgan fingerprint density at radius 3 is 2.70 bits per heavy atom. The van der Waals surface area contributed by atoms with Gasteiger partial charge in [-0.1, -0.05) is 6.92 Å². The van der Waals surface area contributed by atoms with Crippen molar-refractivity contribution in [3.05, 3.63) is 0 Å². The van der Waals surface area contributed by atoms with E-state index in [1.54, 1.807) is 0 Å². The molecule has 3 nitrogen and oxygen atoms in total. The summed E-state index contributed by atoms with van der Waals surface area (Å²) in [5.74, 6) is 0. The Labute approximate surface area is 63.2 Å². The van der Waals surface area contributed by atoms with Crippen LogP contribution < -0.4 is 16.8 Å². The van der Waals surface area contributed by atoms with E-state index in [1.807, 2.05) is 0 Å². The average molecular weight is 145 g/mol. The number of likely N-dealkylation sites (N-methyl/N-ethyl adjacent to an activating group) is 1. The van der Waals surface area contributed by atoms with E-state index in [2.05, 4.69) is 12.2 Å². The molecular weight excluding hydrogens is 126 g/mol. The minimum absolute atomic E-state index is 0.281. The summed E-state index contributed by atoms with van der Waals surface area (Å²) in [4.78, 5) is 0. The van der Waals surface area contributed by atoms with Crippen molar-refractivity contribution in [2.45, 2.75) is 25.8 Å². The van der Waals surface area contributed by atoms with Crippen LogP contribution >= 0.6 is 0 Å². The first kappa shape index (κ1) is 9.88. The Morgan fingerprint density at radius 1 is 1.50 bits per heavy atom. The summed E-state index contributed by atoms with van der Waals surface area (Å²) < 4.78 is 0. The van der Waals surface area contributed by atoms with E-state index in [1.165, 1.54) is 0 Å². The zero-order valence-electron chi connectivity index (χ0n) is 6.77. The molecule has 0 rings (SSSR count). The Balaban J connectivity index is 3.00. The third kappa shape index (κ3) is 6.01. The highest BCUT2D eigenvalue weighted by Crippen LogP contribution is 1.89. The molecule has 5 N–H and O–H groups in total. The molecule has 0 aliphatic carbocycles. The Hall–Kier alpha value is -0.120. The first-order chi connectivity index (χ1) is 4.81. The van der Waals surface area contributed by atoms with E-state index in [0.29, 0.717) is 0 Å². The lowest BCUT2D eigenvalue weighted by Gasteiger charge is -2.10. The second kappa shape index (κ2) is 6.99. The number of hydrogen-bond acceptors (Lipinski definition) is 3. The molecule has 0 aromatic rings. The maximum Gasteiger partial charge on any atom is 0.0165 e. The van der Waals surface area contributed by atoms with Crippen molar-refractivity contribution in [2.24, 2.45) is 11.5 Å². The quantitative estimate of drug-likeness (QED) is 0.479. The molecule has 0 unspecified atom stereocenters. The molecule has 0 saturated carbocycles. The fourth-order valence-electron chi connectivity index (χ4n) is 0.812. The van der Waals surface area contributed by atoms with E-state index in [9.17, 15) is 0 Å². The van der Waals surface area contributed by atoms with Crippen LogP contribution in [0.5, 0.6) is 0 Å². The van der Waals surface area contributed by atoms with E-state index < -0.39 is 0 Å². The minimum Gasteiger partial charge on any atom is -0.330 e. The maximum atomic E-state index is 5.73. The first-order valence-corrected chi connectivity index (χ1v) is 3.97. The highest BCUT2D eigenvalue weighted by molar-refractivity contribution is 4.63. The van der Waals surface area contributed by atoms with Gasteiger partial charge in [-0.05, 0) is 25.9 Å². The Bertz CT molecular complexity index is 57.9. The second-order valence-electron chi connectivity index (χ2n) is 2.50. The van der Waals surface area contributed by atoms with Gasteiger partial charge in [0.05, 0.1) is 0 Å². The normalized spacial score (nSPS) is 13.5. The molecule has 0 radical (unpaired) electrons. The van der Waals surface area contributed by atoms with Gasteiger partial charge in [-0.3, -0.25) is 0 Å². The molecule has 3 heteroatoms. The monoisotopic (exact) mass is 145 g/mol. The molecule has 0 aliphatic heterocycles. The summed E-state index contributed by atoms with van der Waals surface area (Å²) in [5, 5.41) is 3.19. The van der Waals surface area contributed by atoms with Crippen molar-refractivity contribution in [1.82, 2.24) is 5.32 Å². The maximum absolute atomic E-state index is 5.73. The summed E-state index contributed by atoms with van der Waals surface area (Å²) in [6.07, 6.45) is 2.07. The lowest BCUT2D eigenvalue weighted by Crippen LogP contribution is -2.34. The molecule has 1 atom stereocenters.